The molecule has 2 heterocycles. The van der Waals surface area contributed by atoms with Gasteiger partial charge in [-0.3, -0.25) is 4.79 Å². The number of hydrogen-bond acceptors (Lipinski definition) is 5. The minimum absolute atomic E-state index is 0.0570. The molecule has 1 amide bonds. The Morgan fingerprint density at radius 1 is 1.14 bits per heavy atom. The summed E-state index contributed by atoms with van der Waals surface area (Å²) in [7, 11) is 0. The van der Waals surface area contributed by atoms with Crippen LogP contribution in [0, 0.1) is 0 Å². The number of carbonyl (C=O) groups excluding carboxylic acids is 3. The first-order valence-electron chi connectivity index (χ1n) is 12.1. The topological polar surface area (TPSA) is 88.7 Å². The molecule has 0 unspecified atom stereocenters. The second kappa shape index (κ2) is 11.2. The zero-order valence-electron chi connectivity index (χ0n) is 20.3. The Labute approximate surface area is 211 Å². The molecule has 3 aromatic rings. The van der Waals surface area contributed by atoms with Crippen molar-refractivity contribution in [3.8, 4) is 11.1 Å². The lowest BCUT2D eigenvalue weighted by molar-refractivity contribution is -0.137. The number of amides is 1. The van der Waals surface area contributed by atoms with Crippen LogP contribution in [0.15, 0.2) is 36.4 Å². The van der Waals surface area contributed by atoms with Crippen LogP contribution < -0.4 is 0 Å². The zero-order chi connectivity index (χ0) is 26.6. The number of H-pyrrole nitrogens is 1. The van der Waals surface area contributed by atoms with E-state index in [1.165, 1.54) is 23.1 Å². The van der Waals surface area contributed by atoms with Crippen molar-refractivity contribution in [3.63, 3.8) is 0 Å². The van der Waals surface area contributed by atoms with Gasteiger partial charge in [0.25, 0.3) is 5.91 Å². The number of aldehydes is 1. The predicted octanol–water partition coefficient (Wildman–Crippen LogP) is 5.02. The number of aromatic amines is 1. The summed E-state index contributed by atoms with van der Waals surface area (Å²) in [6, 6.07) is 8.45. The maximum absolute atomic E-state index is 14.3. The number of benzene rings is 2. The maximum atomic E-state index is 14.3. The average Bonchev–Trinajstić information content (AvgIpc) is 3.27. The van der Waals surface area contributed by atoms with E-state index >= 15 is 0 Å². The van der Waals surface area contributed by atoms with Gasteiger partial charge in [-0.05, 0) is 43.0 Å². The number of carbonyl (C=O) groups is 3. The number of aromatic nitrogens is 1. The molecule has 7 nitrogen and oxygen atoms in total. The van der Waals surface area contributed by atoms with Crippen molar-refractivity contribution in [1.29, 1.82) is 0 Å². The van der Waals surface area contributed by atoms with Crippen molar-refractivity contribution < 1.29 is 37.0 Å². The summed E-state index contributed by atoms with van der Waals surface area (Å²) >= 11 is 0. The second-order valence-corrected chi connectivity index (χ2v) is 8.65. The number of nitrogens with one attached hydrogen (secondary N) is 1. The number of hydrogen-bond donors (Lipinski definition) is 1. The molecule has 2 aromatic carbocycles. The Morgan fingerprint density at radius 3 is 2.57 bits per heavy atom. The summed E-state index contributed by atoms with van der Waals surface area (Å²) in [6.07, 6.45) is -2.83. The summed E-state index contributed by atoms with van der Waals surface area (Å²) in [6.45, 7) is 3.09. The first kappa shape index (κ1) is 26.4. The van der Waals surface area contributed by atoms with Crippen LogP contribution in [0.25, 0.3) is 22.0 Å². The quantitative estimate of drug-likeness (QED) is 0.258. The highest BCUT2D eigenvalue weighted by molar-refractivity contribution is 6.04. The second-order valence-electron chi connectivity index (χ2n) is 8.65. The molecule has 196 valence electrons. The minimum atomic E-state index is -4.73. The van der Waals surface area contributed by atoms with E-state index in [4.69, 9.17) is 9.47 Å². The first-order chi connectivity index (χ1) is 17.8. The van der Waals surface area contributed by atoms with E-state index in [0.717, 1.165) is 12.4 Å². The lowest BCUT2D eigenvalue weighted by Gasteiger charge is -2.27. The largest absolute Gasteiger partial charge is 0.461 e. The number of alkyl halides is 3. The molecule has 1 aliphatic heterocycles. The Morgan fingerprint density at radius 2 is 1.89 bits per heavy atom. The van der Waals surface area contributed by atoms with Gasteiger partial charge in [0.2, 0.25) is 0 Å². The predicted molar refractivity (Wildman–Crippen MR) is 130 cm³/mol. The van der Waals surface area contributed by atoms with Crippen molar-refractivity contribution in [2.75, 3.05) is 32.9 Å². The highest BCUT2D eigenvalue weighted by atomic mass is 19.4. The number of nitrogens with zero attached hydrogens (tertiary/aromatic N) is 1. The third kappa shape index (κ3) is 5.53. The number of unbranched alkanes of at least 4 members (excludes halogenated alkanes) is 1. The zero-order valence-corrected chi connectivity index (χ0v) is 20.3. The Hall–Kier alpha value is -3.66. The van der Waals surface area contributed by atoms with E-state index in [0.29, 0.717) is 55.6 Å². The monoisotopic (exact) mass is 516 g/mol. The van der Waals surface area contributed by atoms with Gasteiger partial charge in [-0.1, -0.05) is 24.3 Å². The highest BCUT2D eigenvalue weighted by Crippen LogP contribution is 2.41. The summed E-state index contributed by atoms with van der Waals surface area (Å²) in [5.41, 5.74) is 0.208. The van der Waals surface area contributed by atoms with Crippen LogP contribution in [-0.4, -0.2) is 61.0 Å². The SMILES string of the molecule is CCOC(=O)c1[nH]c2c(-c3ccc(C(=O)N4CCOCC4)cc3C(F)(F)F)cccc2c1CCCC=O. The fourth-order valence-electron chi connectivity index (χ4n) is 4.59. The normalized spacial score (nSPS) is 14.1. The van der Waals surface area contributed by atoms with E-state index < -0.39 is 23.6 Å². The van der Waals surface area contributed by atoms with Gasteiger partial charge in [-0.25, -0.2) is 4.79 Å². The molecule has 1 aliphatic rings. The van der Waals surface area contributed by atoms with Gasteiger partial charge in [0, 0.05) is 36.0 Å². The molecule has 0 aliphatic carbocycles. The minimum Gasteiger partial charge on any atom is -0.461 e. The molecule has 1 saturated heterocycles. The molecular formula is C27H27F3N2O5. The molecule has 0 atom stereocenters. The number of halogens is 3. The third-order valence-electron chi connectivity index (χ3n) is 6.33. The number of morpholine rings is 1. The van der Waals surface area contributed by atoms with Crippen LogP contribution in [0.1, 0.15) is 51.7 Å². The molecule has 1 fully saturated rings. The number of fused-ring (bicyclic) bond motifs is 1. The maximum Gasteiger partial charge on any atom is 0.417 e. The molecular weight excluding hydrogens is 489 g/mol. The van der Waals surface area contributed by atoms with Gasteiger partial charge in [0.1, 0.15) is 12.0 Å². The van der Waals surface area contributed by atoms with Crippen LogP contribution in [0.5, 0.6) is 0 Å². The molecule has 0 spiro atoms. The fourth-order valence-corrected chi connectivity index (χ4v) is 4.59. The van der Waals surface area contributed by atoms with Gasteiger partial charge in [0.15, 0.2) is 0 Å². The Kier molecular flexibility index (Phi) is 7.97. The smallest absolute Gasteiger partial charge is 0.417 e. The van der Waals surface area contributed by atoms with Gasteiger partial charge in [-0.2, -0.15) is 13.2 Å². The molecule has 1 aromatic heterocycles. The Bertz CT molecular complexity index is 1310. The van der Waals surface area contributed by atoms with Crippen LogP contribution >= 0.6 is 0 Å². The lowest BCUT2D eigenvalue weighted by atomic mass is 9.94. The van der Waals surface area contributed by atoms with Crippen molar-refractivity contribution in [2.24, 2.45) is 0 Å². The summed E-state index contributed by atoms with van der Waals surface area (Å²) in [5, 5.41) is 0.577. The lowest BCUT2D eigenvalue weighted by Crippen LogP contribution is -2.40. The average molecular weight is 517 g/mol. The van der Waals surface area contributed by atoms with E-state index in [9.17, 15) is 27.6 Å². The third-order valence-corrected chi connectivity index (χ3v) is 6.33. The molecule has 10 heteroatoms. The summed E-state index contributed by atoms with van der Waals surface area (Å²) < 4.78 is 53.2. The summed E-state index contributed by atoms with van der Waals surface area (Å²) in [4.78, 5) is 40.8. The molecule has 4 rings (SSSR count). The fraction of sp³-hybridized carbons (Fsp3) is 0.370. The molecule has 0 bridgehead atoms. The van der Waals surface area contributed by atoms with E-state index in [1.807, 2.05) is 0 Å². The Balaban J connectivity index is 1.84. The van der Waals surface area contributed by atoms with Crippen molar-refractivity contribution >= 4 is 29.1 Å². The van der Waals surface area contributed by atoms with Gasteiger partial charge in [-0.15, -0.1) is 0 Å². The number of aryl methyl sites for hydroxylation is 1. The van der Waals surface area contributed by atoms with Crippen LogP contribution in [0.2, 0.25) is 0 Å². The number of rotatable bonds is 8. The van der Waals surface area contributed by atoms with Crippen molar-refractivity contribution in [1.82, 2.24) is 9.88 Å². The molecule has 37 heavy (non-hydrogen) atoms. The number of ether oxygens (including phenoxy) is 2. The van der Waals surface area contributed by atoms with Gasteiger partial charge >= 0.3 is 12.1 Å². The van der Waals surface area contributed by atoms with Crippen LogP contribution in [0.4, 0.5) is 13.2 Å². The molecule has 0 radical (unpaired) electrons. The van der Waals surface area contributed by atoms with Gasteiger partial charge in [0.05, 0.1) is 30.9 Å². The first-order valence-corrected chi connectivity index (χ1v) is 12.1. The summed E-state index contributed by atoms with van der Waals surface area (Å²) in [5.74, 6) is -1.10. The van der Waals surface area contributed by atoms with Gasteiger partial charge < -0.3 is 24.2 Å². The highest BCUT2D eigenvalue weighted by Gasteiger charge is 2.36. The van der Waals surface area contributed by atoms with Crippen LogP contribution in [0.3, 0.4) is 0 Å². The molecule has 1 N–H and O–H groups in total. The van der Waals surface area contributed by atoms with E-state index in [2.05, 4.69) is 4.98 Å². The van der Waals surface area contributed by atoms with E-state index in [1.54, 1.807) is 19.1 Å². The standard InChI is InChI=1S/C27H27F3N2O5/c1-2-37-26(35)24-21(6-3-4-13-33)20-8-5-7-19(23(20)31-24)18-10-9-17(16-22(18)27(28,29)30)25(34)32-11-14-36-15-12-32/h5,7-10,13,16,31H,2-4,6,11-12,14-15H2,1H3. The molecule has 0 saturated carbocycles. The number of para-hydroxylation sites is 1. The van der Waals surface area contributed by atoms with Crippen molar-refractivity contribution in [3.05, 3.63) is 58.8 Å². The number of esters is 1. The van der Waals surface area contributed by atoms with E-state index in [-0.39, 0.29) is 35.4 Å². The van der Waals surface area contributed by atoms with Crippen molar-refractivity contribution in [2.45, 2.75) is 32.4 Å². The van der Waals surface area contributed by atoms with Crippen LogP contribution in [-0.2, 0) is 26.9 Å².